The first-order valence-corrected chi connectivity index (χ1v) is 9.46. The lowest BCUT2D eigenvalue weighted by Crippen LogP contribution is -2.53. The molecule has 4 heterocycles. The van der Waals surface area contributed by atoms with E-state index in [-0.39, 0.29) is 5.56 Å². The number of aromatic nitrogens is 2. The van der Waals surface area contributed by atoms with E-state index < -0.39 is 5.60 Å². The van der Waals surface area contributed by atoms with E-state index in [1.807, 2.05) is 6.92 Å². The van der Waals surface area contributed by atoms with Gasteiger partial charge in [-0.15, -0.1) is 11.3 Å². The minimum absolute atomic E-state index is 0.137. The van der Waals surface area contributed by atoms with Crippen LogP contribution in [0.2, 0.25) is 0 Å². The molecule has 0 saturated carbocycles. The van der Waals surface area contributed by atoms with Crippen LogP contribution in [0.15, 0.2) is 34.4 Å². The van der Waals surface area contributed by atoms with E-state index in [2.05, 4.69) is 27.5 Å². The zero-order chi connectivity index (χ0) is 16.7. The Balaban J connectivity index is 1.51. The van der Waals surface area contributed by atoms with E-state index in [0.29, 0.717) is 18.6 Å². The molecule has 2 fully saturated rings. The van der Waals surface area contributed by atoms with Crippen molar-refractivity contribution in [2.45, 2.75) is 63.4 Å². The second-order valence-corrected chi connectivity index (χ2v) is 8.27. The molecule has 6 heteroatoms. The topological polar surface area (TPSA) is 58.4 Å². The van der Waals surface area contributed by atoms with Gasteiger partial charge in [-0.2, -0.15) is 5.10 Å². The molecular weight excluding hydrogens is 322 g/mol. The van der Waals surface area contributed by atoms with E-state index in [1.54, 1.807) is 17.4 Å². The molecule has 0 spiro atoms. The maximum atomic E-state index is 12.0. The van der Waals surface area contributed by atoms with E-state index in [1.165, 1.54) is 15.6 Å². The van der Waals surface area contributed by atoms with Crippen molar-refractivity contribution in [2.75, 3.05) is 0 Å². The van der Waals surface area contributed by atoms with Gasteiger partial charge in [0.25, 0.3) is 5.56 Å². The molecular formula is C18H23N3O2S. The molecule has 24 heavy (non-hydrogen) atoms. The van der Waals surface area contributed by atoms with Gasteiger partial charge in [0.2, 0.25) is 0 Å². The molecule has 1 N–H and O–H groups in total. The zero-order valence-corrected chi connectivity index (χ0v) is 14.7. The summed E-state index contributed by atoms with van der Waals surface area (Å²) >= 11 is 1.79. The minimum atomic E-state index is -0.831. The number of aryl methyl sites for hydroxylation is 1. The van der Waals surface area contributed by atoms with Crippen LogP contribution in [0.4, 0.5) is 0 Å². The molecule has 0 aliphatic carbocycles. The van der Waals surface area contributed by atoms with E-state index in [9.17, 15) is 9.90 Å². The monoisotopic (exact) mass is 345 g/mol. The number of hydrogen-bond donors (Lipinski definition) is 1. The quantitative estimate of drug-likeness (QED) is 0.923. The average molecular weight is 345 g/mol. The predicted molar refractivity (Wildman–Crippen MR) is 94.1 cm³/mol. The van der Waals surface area contributed by atoms with Crippen LogP contribution in [0, 0.1) is 6.92 Å². The fourth-order valence-corrected chi connectivity index (χ4v) is 5.04. The average Bonchev–Trinajstić information content (AvgIpc) is 3.12. The molecule has 2 atom stereocenters. The van der Waals surface area contributed by atoms with Crippen LogP contribution in [0.5, 0.6) is 0 Å². The van der Waals surface area contributed by atoms with Gasteiger partial charge in [-0.25, -0.2) is 4.68 Å². The van der Waals surface area contributed by atoms with E-state index in [4.69, 9.17) is 0 Å². The second-order valence-electron chi connectivity index (χ2n) is 7.24. The largest absolute Gasteiger partial charge is 0.388 e. The van der Waals surface area contributed by atoms with Crippen LogP contribution < -0.4 is 5.56 Å². The number of piperidine rings is 1. The van der Waals surface area contributed by atoms with Gasteiger partial charge in [0, 0.05) is 29.6 Å². The van der Waals surface area contributed by atoms with Gasteiger partial charge in [-0.1, -0.05) is 6.07 Å². The third kappa shape index (κ3) is 3.06. The van der Waals surface area contributed by atoms with Crippen molar-refractivity contribution in [3.05, 3.63) is 50.6 Å². The van der Waals surface area contributed by atoms with Gasteiger partial charge in [-0.05, 0) is 50.1 Å². The third-order valence-electron chi connectivity index (χ3n) is 5.36. The highest BCUT2D eigenvalue weighted by atomic mass is 32.1. The van der Waals surface area contributed by atoms with Crippen molar-refractivity contribution < 1.29 is 5.11 Å². The Morgan fingerprint density at radius 2 is 2.04 bits per heavy atom. The SMILES string of the molecule is Cc1ccc(=O)n(CC2(O)CC3CCC(C2)N3Cc2cccs2)n1. The summed E-state index contributed by atoms with van der Waals surface area (Å²) in [5.74, 6) is 0. The Labute approximate surface area is 145 Å². The van der Waals surface area contributed by atoms with Crippen LogP contribution in [0.3, 0.4) is 0 Å². The molecule has 128 valence electrons. The van der Waals surface area contributed by atoms with Gasteiger partial charge in [0.1, 0.15) is 0 Å². The summed E-state index contributed by atoms with van der Waals surface area (Å²) in [6.07, 6.45) is 3.71. The first-order valence-electron chi connectivity index (χ1n) is 8.58. The molecule has 0 amide bonds. The number of rotatable bonds is 4. The lowest BCUT2D eigenvalue weighted by Gasteiger charge is -2.43. The van der Waals surface area contributed by atoms with Crippen LogP contribution in [-0.2, 0) is 13.1 Å². The smallest absolute Gasteiger partial charge is 0.266 e. The fourth-order valence-electron chi connectivity index (χ4n) is 4.33. The highest BCUT2D eigenvalue weighted by molar-refractivity contribution is 7.09. The summed E-state index contributed by atoms with van der Waals surface area (Å²) in [5, 5.41) is 17.6. The van der Waals surface area contributed by atoms with Crippen molar-refractivity contribution in [3.63, 3.8) is 0 Å². The summed E-state index contributed by atoms with van der Waals surface area (Å²) in [6, 6.07) is 8.33. The van der Waals surface area contributed by atoms with Gasteiger partial charge in [0.15, 0.2) is 0 Å². The standard InChI is InChI=1S/C18H23N3O2S/c1-13-4-7-17(22)21(19-13)12-18(23)9-14-5-6-15(10-18)20(14)11-16-3-2-8-24-16/h2-4,7-8,14-15,23H,5-6,9-12H2,1H3. The van der Waals surface area contributed by atoms with Crippen molar-refractivity contribution in [1.29, 1.82) is 0 Å². The maximum absolute atomic E-state index is 12.0. The van der Waals surface area contributed by atoms with E-state index >= 15 is 0 Å². The van der Waals surface area contributed by atoms with Crippen LogP contribution in [-0.4, -0.2) is 37.5 Å². The fraction of sp³-hybridized carbons (Fsp3) is 0.556. The van der Waals surface area contributed by atoms with Gasteiger partial charge >= 0.3 is 0 Å². The van der Waals surface area contributed by atoms with Crippen LogP contribution in [0.1, 0.15) is 36.3 Å². The van der Waals surface area contributed by atoms with Crippen LogP contribution >= 0.6 is 11.3 Å². The summed E-state index contributed by atoms with van der Waals surface area (Å²) < 4.78 is 1.43. The highest BCUT2D eigenvalue weighted by Crippen LogP contribution is 2.42. The Bertz CT molecular complexity index is 757. The summed E-state index contributed by atoms with van der Waals surface area (Å²) in [7, 11) is 0. The lowest BCUT2D eigenvalue weighted by atomic mass is 9.86. The molecule has 2 bridgehead atoms. The number of nitrogens with zero attached hydrogens (tertiary/aromatic N) is 3. The molecule has 2 unspecified atom stereocenters. The first kappa shape index (κ1) is 16.0. The number of hydrogen-bond acceptors (Lipinski definition) is 5. The Morgan fingerprint density at radius 3 is 2.71 bits per heavy atom. The molecule has 2 aromatic heterocycles. The maximum Gasteiger partial charge on any atom is 0.266 e. The van der Waals surface area contributed by atoms with Gasteiger partial charge in [-0.3, -0.25) is 9.69 Å². The lowest BCUT2D eigenvalue weighted by molar-refractivity contribution is -0.0675. The molecule has 2 saturated heterocycles. The zero-order valence-electron chi connectivity index (χ0n) is 13.9. The summed E-state index contributed by atoms with van der Waals surface area (Å²) in [5.41, 5.74) is -0.165. The molecule has 5 nitrogen and oxygen atoms in total. The van der Waals surface area contributed by atoms with Crippen molar-refractivity contribution in [1.82, 2.24) is 14.7 Å². The third-order valence-corrected chi connectivity index (χ3v) is 6.23. The Kier molecular flexibility index (Phi) is 4.06. The van der Waals surface area contributed by atoms with Gasteiger partial charge < -0.3 is 5.11 Å². The summed E-state index contributed by atoms with van der Waals surface area (Å²) in [4.78, 5) is 16.0. The normalized spacial score (nSPS) is 29.9. The van der Waals surface area contributed by atoms with E-state index in [0.717, 1.165) is 37.9 Å². The van der Waals surface area contributed by atoms with Gasteiger partial charge in [0.05, 0.1) is 17.8 Å². The Hall–Kier alpha value is -1.50. The van der Waals surface area contributed by atoms with Crippen LogP contribution in [0.25, 0.3) is 0 Å². The van der Waals surface area contributed by atoms with Crippen molar-refractivity contribution in [3.8, 4) is 0 Å². The summed E-state index contributed by atoms with van der Waals surface area (Å²) in [6.45, 7) is 3.15. The van der Waals surface area contributed by atoms with Crippen molar-refractivity contribution in [2.24, 2.45) is 0 Å². The number of aliphatic hydroxyl groups is 1. The number of fused-ring (bicyclic) bond motifs is 2. The molecule has 0 aromatic carbocycles. The molecule has 4 rings (SSSR count). The molecule has 2 aliphatic heterocycles. The number of thiophene rings is 1. The first-order chi connectivity index (χ1) is 11.5. The van der Waals surface area contributed by atoms with Crippen molar-refractivity contribution >= 4 is 11.3 Å². The minimum Gasteiger partial charge on any atom is -0.388 e. The highest BCUT2D eigenvalue weighted by Gasteiger charge is 2.47. The molecule has 0 radical (unpaired) electrons. The molecule has 2 aromatic rings. The Morgan fingerprint density at radius 1 is 1.29 bits per heavy atom. The second kappa shape index (κ2) is 6.10. The molecule has 2 aliphatic rings. The predicted octanol–water partition coefficient (Wildman–Crippen LogP) is 2.17.